The molecular formula is C18H10BrClO. The Morgan fingerprint density at radius 3 is 2.43 bits per heavy atom. The average Bonchev–Trinajstić information content (AvgIpc) is 2.85. The first-order chi connectivity index (χ1) is 10.2. The molecule has 0 aliphatic carbocycles. The molecule has 0 saturated carbocycles. The summed E-state index contributed by atoms with van der Waals surface area (Å²) in [4.78, 5) is 0. The van der Waals surface area contributed by atoms with Crippen LogP contribution in [0.4, 0.5) is 0 Å². The number of halogens is 2. The zero-order valence-electron chi connectivity index (χ0n) is 10.9. The second-order valence-electron chi connectivity index (χ2n) is 4.94. The quantitative estimate of drug-likeness (QED) is 0.371. The lowest BCUT2D eigenvalue weighted by Gasteiger charge is -2.00. The SMILES string of the molecule is Clc1cc(Br)cc2oc3cc(-c4ccccc4)ccc3c12. The van der Waals surface area contributed by atoms with Gasteiger partial charge in [-0.05, 0) is 35.4 Å². The van der Waals surface area contributed by atoms with Gasteiger partial charge in [-0.25, -0.2) is 0 Å². The van der Waals surface area contributed by atoms with E-state index in [1.165, 1.54) is 5.56 Å². The number of furan rings is 1. The van der Waals surface area contributed by atoms with Crippen LogP contribution in [0.25, 0.3) is 33.1 Å². The molecule has 0 atom stereocenters. The van der Waals surface area contributed by atoms with Crippen molar-refractivity contribution in [3.05, 3.63) is 70.2 Å². The minimum atomic E-state index is 0.700. The Morgan fingerprint density at radius 1 is 0.810 bits per heavy atom. The third-order valence-corrected chi connectivity index (χ3v) is 4.35. The monoisotopic (exact) mass is 356 g/mol. The Hall–Kier alpha value is -1.77. The summed E-state index contributed by atoms with van der Waals surface area (Å²) in [6.07, 6.45) is 0. The zero-order valence-corrected chi connectivity index (χ0v) is 13.3. The summed E-state index contributed by atoms with van der Waals surface area (Å²) in [5.74, 6) is 0. The maximum Gasteiger partial charge on any atom is 0.138 e. The third kappa shape index (κ3) is 2.15. The Kier molecular flexibility index (Phi) is 3.02. The molecule has 0 unspecified atom stereocenters. The molecule has 0 aliphatic rings. The van der Waals surface area contributed by atoms with E-state index in [2.05, 4.69) is 46.3 Å². The molecule has 1 aromatic heterocycles. The standard InChI is InChI=1S/C18H10BrClO/c19-13-9-15(20)18-14-7-6-12(11-4-2-1-3-5-11)8-16(14)21-17(18)10-13/h1-10H. The number of fused-ring (bicyclic) bond motifs is 3. The molecule has 0 radical (unpaired) electrons. The van der Waals surface area contributed by atoms with Crippen LogP contribution in [0.15, 0.2) is 69.6 Å². The van der Waals surface area contributed by atoms with Crippen LogP contribution in [0.5, 0.6) is 0 Å². The summed E-state index contributed by atoms with van der Waals surface area (Å²) in [7, 11) is 0. The highest BCUT2D eigenvalue weighted by Gasteiger charge is 2.12. The highest BCUT2D eigenvalue weighted by Crippen LogP contribution is 2.37. The number of hydrogen-bond donors (Lipinski definition) is 0. The van der Waals surface area contributed by atoms with Crippen molar-refractivity contribution in [3.8, 4) is 11.1 Å². The second-order valence-corrected chi connectivity index (χ2v) is 6.26. The van der Waals surface area contributed by atoms with Crippen LogP contribution in [0.1, 0.15) is 0 Å². The van der Waals surface area contributed by atoms with Crippen molar-refractivity contribution < 1.29 is 4.42 Å². The predicted octanol–water partition coefficient (Wildman–Crippen LogP) is 6.67. The molecule has 1 nitrogen and oxygen atoms in total. The van der Waals surface area contributed by atoms with E-state index in [0.29, 0.717) is 5.02 Å². The molecular weight excluding hydrogens is 348 g/mol. The van der Waals surface area contributed by atoms with Crippen molar-refractivity contribution >= 4 is 49.5 Å². The molecule has 0 spiro atoms. The largest absolute Gasteiger partial charge is 0.456 e. The van der Waals surface area contributed by atoms with E-state index in [0.717, 1.165) is 32.0 Å². The van der Waals surface area contributed by atoms with E-state index in [-0.39, 0.29) is 0 Å². The lowest BCUT2D eigenvalue weighted by atomic mass is 10.0. The fraction of sp³-hybridized carbons (Fsp3) is 0. The van der Waals surface area contributed by atoms with E-state index in [4.69, 9.17) is 16.0 Å². The van der Waals surface area contributed by atoms with Crippen molar-refractivity contribution in [1.29, 1.82) is 0 Å². The molecule has 0 fully saturated rings. The van der Waals surface area contributed by atoms with Crippen molar-refractivity contribution in [2.45, 2.75) is 0 Å². The number of rotatable bonds is 1. The first-order valence-corrected chi connectivity index (χ1v) is 7.76. The average molecular weight is 358 g/mol. The Bertz CT molecular complexity index is 957. The minimum Gasteiger partial charge on any atom is -0.456 e. The molecule has 1 heterocycles. The van der Waals surface area contributed by atoms with Gasteiger partial charge in [0, 0.05) is 15.2 Å². The van der Waals surface area contributed by atoms with E-state index in [9.17, 15) is 0 Å². The van der Waals surface area contributed by atoms with Gasteiger partial charge in [-0.1, -0.05) is 63.9 Å². The Balaban J connectivity index is 2.01. The van der Waals surface area contributed by atoms with E-state index in [1.807, 2.05) is 30.3 Å². The smallest absolute Gasteiger partial charge is 0.138 e. The van der Waals surface area contributed by atoms with Crippen LogP contribution in [-0.2, 0) is 0 Å². The van der Waals surface area contributed by atoms with Gasteiger partial charge in [0.1, 0.15) is 11.2 Å². The summed E-state index contributed by atoms with van der Waals surface area (Å²) in [6.45, 7) is 0. The van der Waals surface area contributed by atoms with Crippen molar-refractivity contribution in [3.63, 3.8) is 0 Å². The van der Waals surface area contributed by atoms with Crippen molar-refractivity contribution in [2.75, 3.05) is 0 Å². The highest BCUT2D eigenvalue weighted by molar-refractivity contribution is 9.10. The van der Waals surface area contributed by atoms with Gasteiger partial charge in [0.15, 0.2) is 0 Å². The third-order valence-electron chi connectivity index (χ3n) is 3.60. The molecule has 0 bridgehead atoms. The maximum absolute atomic E-state index is 6.35. The molecule has 3 aromatic carbocycles. The van der Waals surface area contributed by atoms with Crippen LogP contribution >= 0.6 is 27.5 Å². The predicted molar refractivity (Wildman–Crippen MR) is 91.9 cm³/mol. The first-order valence-electron chi connectivity index (χ1n) is 6.59. The Labute approximate surface area is 135 Å². The number of benzene rings is 3. The summed E-state index contributed by atoms with van der Waals surface area (Å²) >= 11 is 9.80. The first kappa shape index (κ1) is 12.9. The van der Waals surface area contributed by atoms with Crippen molar-refractivity contribution in [1.82, 2.24) is 0 Å². The molecule has 3 heteroatoms. The van der Waals surface area contributed by atoms with Gasteiger partial charge in [-0.2, -0.15) is 0 Å². The van der Waals surface area contributed by atoms with Crippen molar-refractivity contribution in [2.24, 2.45) is 0 Å². The second kappa shape index (κ2) is 4.90. The lowest BCUT2D eigenvalue weighted by molar-refractivity contribution is 0.669. The van der Waals surface area contributed by atoms with Crippen LogP contribution in [-0.4, -0.2) is 0 Å². The summed E-state index contributed by atoms with van der Waals surface area (Å²) in [6, 6.07) is 20.3. The van der Waals surface area contributed by atoms with Gasteiger partial charge in [0.25, 0.3) is 0 Å². The van der Waals surface area contributed by atoms with Crippen LogP contribution < -0.4 is 0 Å². The molecule has 0 N–H and O–H groups in total. The highest BCUT2D eigenvalue weighted by atomic mass is 79.9. The van der Waals surface area contributed by atoms with E-state index in [1.54, 1.807) is 0 Å². The fourth-order valence-corrected chi connectivity index (χ4v) is 3.51. The Morgan fingerprint density at radius 2 is 1.62 bits per heavy atom. The minimum absolute atomic E-state index is 0.700. The van der Waals surface area contributed by atoms with E-state index >= 15 is 0 Å². The van der Waals surface area contributed by atoms with Gasteiger partial charge in [-0.15, -0.1) is 0 Å². The normalized spacial score (nSPS) is 11.3. The van der Waals surface area contributed by atoms with Gasteiger partial charge in [0.2, 0.25) is 0 Å². The number of hydrogen-bond acceptors (Lipinski definition) is 1. The van der Waals surface area contributed by atoms with Crippen LogP contribution in [0.2, 0.25) is 5.02 Å². The van der Waals surface area contributed by atoms with E-state index < -0.39 is 0 Å². The molecule has 0 aliphatic heterocycles. The van der Waals surface area contributed by atoms with Crippen LogP contribution in [0.3, 0.4) is 0 Å². The molecule has 0 amide bonds. The molecule has 0 saturated heterocycles. The van der Waals surface area contributed by atoms with Gasteiger partial charge < -0.3 is 4.42 Å². The topological polar surface area (TPSA) is 13.1 Å². The van der Waals surface area contributed by atoms with Gasteiger partial charge in [0.05, 0.1) is 5.02 Å². The summed E-state index contributed by atoms with van der Waals surface area (Å²) in [5, 5.41) is 2.71. The lowest BCUT2D eigenvalue weighted by Crippen LogP contribution is -1.76. The summed E-state index contributed by atoms with van der Waals surface area (Å²) in [5.41, 5.74) is 3.96. The molecule has 4 rings (SSSR count). The molecule has 21 heavy (non-hydrogen) atoms. The summed E-state index contributed by atoms with van der Waals surface area (Å²) < 4.78 is 6.88. The molecule has 102 valence electrons. The van der Waals surface area contributed by atoms with Gasteiger partial charge in [-0.3, -0.25) is 0 Å². The van der Waals surface area contributed by atoms with Crippen LogP contribution in [0, 0.1) is 0 Å². The maximum atomic E-state index is 6.35. The fourth-order valence-electron chi connectivity index (χ4n) is 2.63. The zero-order chi connectivity index (χ0) is 14.4. The molecule has 4 aromatic rings. The van der Waals surface area contributed by atoms with Gasteiger partial charge >= 0.3 is 0 Å².